The van der Waals surface area contributed by atoms with Crippen molar-refractivity contribution < 1.29 is 9.13 Å². The van der Waals surface area contributed by atoms with Crippen molar-refractivity contribution in [3.8, 4) is 0 Å². The standard InChI is InChI=1S/C12H8ClFN4O/c13-9-5-7(1-2-10(9)14)17-11-8-3-4-18(19)12(8)16-6-15-11/h1-2,4-6H,3H2,(H,15,16,17). The van der Waals surface area contributed by atoms with Gasteiger partial charge in [0.05, 0.1) is 16.8 Å². The highest BCUT2D eigenvalue weighted by Crippen LogP contribution is 2.29. The smallest absolute Gasteiger partial charge is 0.335 e. The van der Waals surface area contributed by atoms with Crippen LogP contribution in [0.4, 0.5) is 21.7 Å². The fourth-order valence-electron chi connectivity index (χ4n) is 1.86. The van der Waals surface area contributed by atoms with Crippen LogP contribution >= 0.6 is 11.6 Å². The molecule has 0 bridgehead atoms. The molecule has 0 saturated heterocycles. The van der Waals surface area contributed by atoms with Crippen LogP contribution in [-0.4, -0.2) is 20.9 Å². The van der Waals surface area contributed by atoms with Crippen LogP contribution in [0.3, 0.4) is 0 Å². The van der Waals surface area contributed by atoms with Gasteiger partial charge < -0.3 is 10.5 Å². The molecule has 1 aromatic carbocycles. The Bertz CT molecular complexity index is 689. The maximum Gasteiger partial charge on any atom is 0.335 e. The molecule has 0 radical (unpaired) electrons. The van der Waals surface area contributed by atoms with Crippen LogP contribution in [0.15, 0.2) is 24.5 Å². The number of halogens is 2. The second kappa shape index (κ2) is 4.47. The second-order valence-corrected chi connectivity index (χ2v) is 4.40. The van der Waals surface area contributed by atoms with Crippen molar-refractivity contribution in [2.75, 3.05) is 5.32 Å². The number of nitrogens with zero attached hydrogens (tertiary/aromatic N) is 3. The zero-order valence-electron chi connectivity index (χ0n) is 9.60. The molecule has 3 rings (SSSR count). The minimum atomic E-state index is -0.487. The van der Waals surface area contributed by atoms with Gasteiger partial charge in [-0.15, -0.1) is 0 Å². The van der Waals surface area contributed by atoms with E-state index >= 15 is 0 Å². The first-order valence-electron chi connectivity index (χ1n) is 5.51. The van der Waals surface area contributed by atoms with Gasteiger partial charge in [0.1, 0.15) is 11.6 Å². The zero-order valence-corrected chi connectivity index (χ0v) is 10.4. The summed E-state index contributed by atoms with van der Waals surface area (Å²) in [6.45, 7) is 0. The lowest BCUT2D eigenvalue weighted by Crippen LogP contribution is -2.00. The number of fused-ring (bicyclic) bond motifs is 1. The summed E-state index contributed by atoms with van der Waals surface area (Å²) in [4.78, 5) is 8.01. The molecule has 0 saturated carbocycles. The molecule has 96 valence electrons. The van der Waals surface area contributed by atoms with E-state index in [1.165, 1.54) is 24.7 Å². The lowest BCUT2D eigenvalue weighted by Gasteiger charge is -2.08. The van der Waals surface area contributed by atoms with Crippen molar-refractivity contribution in [2.45, 2.75) is 6.42 Å². The van der Waals surface area contributed by atoms with E-state index in [0.29, 0.717) is 34.0 Å². The maximum atomic E-state index is 13.1. The molecule has 0 unspecified atom stereocenters. The second-order valence-electron chi connectivity index (χ2n) is 3.99. The average molecular weight is 279 g/mol. The molecule has 0 fully saturated rings. The number of benzene rings is 1. The molecule has 2 heterocycles. The van der Waals surface area contributed by atoms with Gasteiger partial charge in [-0.3, -0.25) is 0 Å². The van der Waals surface area contributed by atoms with E-state index in [4.69, 9.17) is 11.6 Å². The van der Waals surface area contributed by atoms with Crippen molar-refractivity contribution in [1.82, 2.24) is 9.97 Å². The highest BCUT2D eigenvalue weighted by molar-refractivity contribution is 6.31. The van der Waals surface area contributed by atoms with Gasteiger partial charge >= 0.3 is 5.82 Å². The summed E-state index contributed by atoms with van der Waals surface area (Å²) in [6, 6.07) is 4.26. The van der Waals surface area contributed by atoms with Crippen LogP contribution < -0.4 is 5.32 Å². The lowest BCUT2D eigenvalue weighted by molar-refractivity contribution is -0.356. The summed E-state index contributed by atoms with van der Waals surface area (Å²) in [5.41, 5.74) is 1.30. The monoisotopic (exact) mass is 278 g/mol. The SMILES string of the molecule is [O-][N+]1=CCc2c(Nc3ccc(F)c(Cl)c3)ncnc21. The molecule has 1 N–H and O–H groups in total. The van der Waals surface area contributed by atoms with E-state index in [-0.39, 0.29) is 5.02 Å². The van der Waals surface area contributed by atoms with Crippen LogP contribution in [-0.2, 0) is 6.42 Å². The fourth-order valence-corrected chi connectivity index (χ4v) is 2.04. The van der Waals surface area contributed by atoms with Gasteiger partial charge in [-0.1, -0.05) is 11.6 Å². The van der Waals surface area contributed by atoms with Crippen molar-refractivity contribution in [3.05, 3.63) is 46.1 Å². The predicted molar refractivity (Wildman–Crippen MR) is 69.8 cm³/mol. The Labute approximate surface area is 113 Å². The van der Waals surface area contributed by atoms with Gasteiger partial charge in [0.25, 0.3) is 0 Å². The molecule has 1 aromatic heterocycles. The van der Waals surface area contributed by atoms with E-state index in [9.17, 15) is 9.60 Å². The molecule has 1 aliphatic rings. The maximum absolute atomic E-state index is 13.1. The third kappa shape index (κ3) is 2.10. The molecular formula is C12H8ClFN4O. The highest BCUT2D eigenvalue weighted by Gasteiger charge is 2.23. The first kappa shape index (κ1) is 11.9. The Morgan fingerprint density at radius 3 is 3.00 bits per heavy atom. The van der Waals surface area contributed by atoms with Crippen LogP contribution in [0.2, 0.25) is 5.02 Å². The van der Waals surface area contributed by atoms with Crippen LogP contribution in [0.1, 0.15) is 5.56 Å². The number of hydrogen-bond acceptors (Lipinski definition) is 4. The van der Waals surface area contributed by atoms with E-state index in [0.717, 1.165) is 0 Å². The van der Waals surface area contributed by atoms with Gasteiger partial charge in [0.2, 0.25) is 6.33 Å². The average Bonchev–Trinajstić information content (AvgIpc) is 2.77. The third-order valence-corrected chi connectivity index (χ3v) is 3.06. The Morgan fingerprint density at radius 2 is 2.21 bits per heavy atom. The number of aromatic nitrogens is 2. The number of anilines is 2. The topological polar surface area (TPSA) is 63.9 Å². The number of nitrogens with one attached hydrogen (secondary N) is 1. The van der Waals surface area contributed by atoms with Gasteiger partial charge in [0, 0.05) is 12.1 Å². The van der Waals surface area contributed by atoms with Crippen molar-refractivity contribution in [1.29, 1.82) is 0 Å². The molecule has 19 heavy (non-hydrogen) atoms. The number of hydrogen-bond donors (Lipinski definition) is 1. The fraction of sp³-hybridized carbons (Fsp3) is 0.0833. The molecule has 0 atom stereocenters. The van der Waals surface area contributed by atoms with E-state index < -0.39 is 5.82 Å². The molecule has 1 aliphatic heterocycles. The number of rotatable bonds is 2. The quantitative estimate of drug-likeness (QED) is 0.678. The summed E-state index contributed by atoms with van der Waals surface area (Å²) in [5.74, 6) is 0.354. The van der Waals surface area contributed by atoms with E-state index in [2.05, 4.69) is 15.3 Å². The summed E-state index contributed by atoms with van der Waals surface area (Å²) in [6.07, 6.45) is 3.23. The summed E-state index contributed by atoms with van der Waals surface area (Å²) >= 11 is 5.71. The Hall–Kier alpha value is -2.21. The first-order valence-corrected chi connectivity index (χ1v) is 5.88. The van der Waals surface area contributed by atoms with Crippen molar-refractivity contribution in [2.24, 2.45) is 0 Å². The van der Waals surface area contributed by atoms with Gasteiger partial charge in [-0.05, 0) is 23.2 Å². The summed E-state index contributed by atoms with van der Waals surface area (Å²) < 4.78 is 13.8. The first-order chi connectivity index (χ1) is 9.15. The minimum absolute atomic E-state index is 0.0210. The summed E-state index contributed by atoms with van der Waals surface area (Å²) in [5, 5.41) is 14.5. The van der Waals surface area contributed by atoms with Crippen molar-refractivity contribution in [3.63, 3.8) is 0 Å². The third-order valence-electron chi connectivity index (χ3n) is 2.77. The Balaban J connectivity index is 1.95. The zero-order chi connectivity index (χ0) is 13.4. The Kier molecular flexibility index (Phi) is 2.79. The van der Waals surface area contributed by atoms with Gasteiger partial charge in [0.15, 0.2) is 0 Å². The lowest BCUT2D eigenvalue weighted by atomic mass is 10.2. The molecule has 5 nitrogen and oxygen atoms in total. The Morgan fingerprint density at radius 1 is 1.37 bits per heavy atom. The highest BCUT2D eigenvalue weighted by atomic mass is 35.5. The normalized spacial score (nSPS) is 13.1. The van der Waals surface area contributed by atoms with Crippen LogP contribution in [0, 0.1) is 11.0 Å². The summed E-state index contributed by atoms with van der Waals surface area (Å²) in [7, 11) is 0. The van der Waals surface area contributed by atoms with E-state index in [1.807, 2.05) is 0 Å². The van der Waals surface area contributed by atoms with Crippen LogP contribution in [0.5, 0.6) is 0 Å². The predicted octanol–water partition coefficient (Wildman–Crippen LogP) is 2.78. The molecule has 0 spiro atoms. The molecular weight excluding hydrogens is 271 g/mol. The van der Waals surface area contributed by atoms with Crippen molar-refractivity contribution >= 4 is 35.1 Å². The van der Waals surface area contributed by atoms with E-state index in [1.54, 1.807) is 6.07 Å². The van der Waals surface area contributed by atoms with Gasteiger partial charge in [-0.2, -0.15) is 4.98 Å². The molecule has 0 aliphatic carbocycles. The molecule has 7 heteroatoms. The largest absolute Gasteiger partial charge is 0.711 e. The molecule has 0 amide bonds. The molecule has 2 aromatic rings. The van der Waals surface area contributed by atoms with Gasteiger partial charge in [-0.25, -0.2) is 9.13 Å². The minimum Gasteiger partial charge on any atom is -0.711 e. The van der Waals surface area contributed by atoms with Crippen LogP contribution in [0.25, 0.3) is 0 Å².